The van der Waals surface area contributed by atoms with Crippen molar-refractivity contribution in [1.82, 2.24) is 19.6 Å². The van der Waals surface area contributed by atoms with Crippen LogP contribution >= 0.6 is 0 Å². The molecule has 1 aliphatic rings. The van der Waals surface area contributed by atoms with E-state index in [1.54, 1.807) is 30.2 Å². The topological polar surface area (TPSA) is 81.8 Å². The van der Waals surface area contributed by atoms with E-state index in [-0.39, 0.29) is 18.0 Å². The van der Waals surface area contributed by atoms with Crippen molar-refractivity contribution in [2.75, 3.05) is 5.32 Å². The van der Waals surface area contributed by atoms with E-state index in [9.17, 15) is 9.59 Å². The third kappa shape index (κ3) is 2.76. The molecule has 0 unspecified atom stereocenters. The zero-order valence-electron chi connectivity index (χ0n) is 11.1. The lowest BCUT2D eigenvalue weighted by molar-refractivity contribution is -0.117. The molecule has 0 spiro atoms. The van der Waals surface area contributed by atoms with E-state index >= 15 is 0 Å². The first-order chi connectivity index (χ1) is 9.61. The minimum Gasteiger partial charge on any atom is -0.322 e. The van der Waals surface area contributed by atoms with Crippen molar-refractivity contribution in [3.63, 3.8) is 0 Å². The number of rotatable bonds is 4. The third-order valence-corrected chi connectivity index (χ3v) is 3.16. The van der Waals surface area contributed by atoms with Crippen LogP contribution in [0.5, 0.6) is 0 Å². The van der Waals surface area contributed by atoms with Gasteiger partial charge in [0.05, 0.1) is 17.6 Å². The van der Waals surface area contributed by atoms with Gasteiger partial charge < -0.3 is 5.32 Å². The molecule has 1 aliphatic carbocycles. The lowest BCUT2D eigenvalue weighted by atomic mass is 10.3. The molecule has 2 aromatic rings. The number of nitrogens with one attached hydrogen (secondary N) is 1. The van der Waals surface area contributed by atoms with Crippen LogP contribution in [0, 0.1) is 0 Å². The lowest BCUT2D eigenvalue weighted by Crippen LogP contribution is -2.29. The maximum Gasteiger partial charge on any atom is 0.267 e. The van der Waals surface area contributed by atoms with Gasteiger partial charge in [0.1, 0.15) is 6.54 Å². The summed E-state index contributed by atoms with van der Waals surface area (Å²) in [6, 6.07) is 3.22. The number of anilines is 1. The Hall–Kier alpha value is -2.44. The molecule has 0 aromatic carbocycles. The molecule has 1 saturated carbocycles. The Kier molecular flexibility index (Phi) is 3.09. The van der Waals surface area contributed by atoms with E-state index in [2.05, 4.69) is 15.5 Å². The van der Waals surface area contributed by atoms with Crippen LogP contribution in [0.2, 0.25) is 0 Å². The highest BCUT2D eigenvalue weighted by atomic mass is 16.2. The number of aryl methyl sites for hydroxylation is 1. The van der Waals surface area contributed by atoms with Gasteiger partial charge in [-0.05, 0) is 18.9 Å². The quantitative estimate of drug-likeness (QED) is 0.879. The Balaban J connectivity index is 1.71. The molecule has 0 aliphatic heterocycles. The lowest BCUT2D eigenvalue weighted by Gasteiger charge is -2.06. The van der Waals surface area contributed by atoms with Crippen LogP contribution in [0.15, 0.2) is 29.3 Å². The molecular weight excluding hydrogens is 258 g/mol. The van der Waals surface area contributed by atoms with Crippen molar-refractivity contribution in [1.29, 1.82) is 0 Å². The fourth-order valence-corrected chi connectivity index (χ4v) is 2.00. The molecule has 1 fully saturated rings. The maximum atomic E-state index is 11.9. The monoisotopic (exact) mass is 273 g/mol. The van der Waals surface area contributed by atoms with E-state index < -0.39 is 0 Å². The van der Waals surface area contributed by atoms with Gasteiger partial charge >= 0.3 is 0 Å². The molecule has 20 heavy (non-hydrogen) atoms. The van der Waals surface area contributed by atoms with Crippen molar-refractivity contribution < 1.29 is 4.79 Å². The highest BCUT2D eigenvalue weighted by Gasteiger charge is 2.25. The number of amides is 1. The molecule has 0 bridgehead atoms. The highest BCUT2D eigenvalue weighted by molar-refractivity contribution is 5.90. The molecular formula is C13H15N5O2. The number of hydrogen-bond donors (Lipinski definition) is 1. The van der Waals surface area contributed by atoms with Crippen LogP contribution in [0.1, 0.15) is 24.5 Å². The molecule has 3 rings (SSSR count). The summed E-state index contributed by atoms with van der Waals surface area (Å²) in [5, 5.41) is 10.9. The van der Waals surface area contributed by atoms with Gasteiger partial charge in [-0.15, -0.1) is 0 Å². The van der Waals surface area contributed by atoms with Gasteiger partial charge in [-0.3, -0.25) is 14.3 Å². The van der Waals surface area contributed by atoms with Gasteiger partial charge in [-0.2, -0.15) is 10.2 Å². The molecule has 2 aromatic heterocycles. The highest BCUT2D eigenvalue weighted by Crippen LogP contribution is 2.38. The van der Waals surface area contributed by atoms with E-state index in [1.165, 1.54) is 10.7 Å². The smallest absolute Gasteiger partial charge is 0.267 e. The maximum absolute atomic E-state index is 11.9. The minimum atomic E-state index is -0.291. The van der Waals surface area contributed by atoms with E-state index in [0.717, 1.165) is 18.5 Å². The van der Waals surface area contributed by atoms with Crippen LogP contribution in [-0.2, 0) is 18.4 Å². The number of hydrogen-bond acceptors (Lipinski definition) is 4. The zero-order chi connectivity index (χ0) is 14.1. The first kappa shape index (κ1) is 12.6. The van der Waals surface area contributed by atoms with Crippen molar-refractivity contribution in [2.45, 2.75) is 25.3 Å². The van der Waals surface area contributed by atoms with Gasteiger partial charge in [-0.1, -0.05) is 0 Å². The molecule has 7 heteroatoms. The molecule has 2 heterocycles. The molecule has 7 nitrogen and oxygen atoms in total. The SMILES string of the molecule is Cn1cc(NC(=O)Cn2nc(C3CC3)ccc2=O)cn1. The first-order valence-corrected chi connectivity index (χ1v) is 6.48. The number of carbonyl (C=O) groups is 1. The Bertz CT molecular complexity index is 699. The zero-order valence-corrected chi connectivity index (χ0v) is 11.1. The average Bonchev–Trinajstić information content (AvgIpc) is 3.17. The van der Waals surface area contributed by atoms with Crippen LogP contribution in [-0.4, -0.2) is 25.5 Å². The van der Waals surface area contributed by atoms with Gasteiger partial charge in [0, 0.05) is 25.2 Å². The molecule has 0 radical (unpaired) electrons. The summed E-state index contributed by atoms with van der Waals surface area (Å²) in [6.07, 6.45) is 5.45. The summed E-state index contributed by atoms with van der Waals surface area (Å²) in [4.78, 5) is 23.6. The number of carbonyl (C=O) groups excluding carboxylic acids is 1. The first-order valence-electron chi connectivity index (χ1n) is 6.48. The summed E-state index contributed by atoms with van der Waals surface area (Å²) >= 11 is 0. The summed E-state index contributed by atoms with van der Waals surface area (Å²) < 4.78 is 2.80. The molecule has 1 N–H and O–H groups in total. The summed E-state index contributed by atoms with van der Waals surface area (Å²) in [5.41, 5.74) is 1.22. The predicted octanol–water partition coefficient (Wildman–Crippen LogP) is 0.493. The number of aromatic nitrogens is 4. The van der Waals surface area contributed by atoms with Gasteiger partial charge in [-0.25, -0.2) is 4.68 Å². The second kappa shape index (κ2) is 4.92. The Morgan fingerprint density at radius 3 is 2.90 bits per heavy atom. The standard InChI is InChI=1S/C13H15N5O2/c1-17-7-10(6-14-17)15-12(19)8-18-13(20)5-4-11(16-18)9-2-3-9/h4-7,9H,2-3,8H2,1H3,(H,15,19). The van der Waals surface area contributed by atoms with Gasteiger partial charge in [0.2, 0.25) is 5.91 Å². The van der Waals surface area contributed by atoms with Crippen molar-refractivity contribution >= 4 is 11.6 Å². The summed E-state index contributed by atoms with van der Waals surface area (Å²) in [6.45, 7) is -0.0890. The second-order valence-electron chi connectivity index (χ2n) is 4.98. The normalized spacial score (nSPS) is 14.2. The Labute approximate surface area is 115 Å². The molecule has 0 saturated heterocycles. The molecule has 0 atom stereocenters. The average molecular weight is 273 g/mol. The minimum absolute atomic E-state index is 0.0890. The third-order valence-electron chi connectivity index (χ3n) is 3.16. The Morgan fingerprint density at radius 2 is 2.25 bits per heavy atom. The van der Waals surface area contributed by atoms with Crippen LogP contribution < -0.4 is 10.9 Å². The number of nitrogens with zero attached hydrogens (tertiary/aromatic N) is 4. The van der Waals surface area contributed by atoms with E-state index in [1.807, 2.05) is 0 Å². The van der Waals surface area contributed by atoms with Crippen LogP contribution in [0.4, 0.5) is 5.69 Å². The fraction of sp³-hybridized carbons (Fsp3) is 0.385. The van der Waals surface area contributed by atoms with Gasteiger partial charge in [0.25, 0.3) is 5.56 Å². The summed E-state index contributed by atoms with van der Waals surface area (Å²) in [7, 11) is 1.76. The molecule has 1 amide bonds. The Morgan fingerprint density at radius 1 is 1.45 bits per heavy atom. The van der Waals surface area contributed by atoms with Crippen LogP contribution in [0.25, 0.3) is 0 Å². The van der Waals surface area contributed by atoms with Crippen molar-refractivity contribution in [2.24, 2.45) is 7.05 Å². The van der Waals surface area contributed by atoms with E-state index in [4.69, 9.17) is 0 Å². The van der Waals surface area contributed by atoms with Crippen molar-refractivity contribution in [3.05, 3.63) is 40.6 Å². The summed E-state index contributed by atoms with van der Waals surface area (Å²) in [5.74, 6) is 0.156. The van der Waals surface area contributed by atoms with Crippen LogP contribution in [0.3, 0.4) is 0 Å². The van der Waals surface area contributed by atoms with E-state index in [0.29, 0.717) is 11.6 Å². The van der Waals surface area contributed by atoms with Crippen molar-refractivity contribution in [3.8, 4) is 0 Å². The second-order valence-corrected chi connectivity index (χ2v) is 4.98. The largest absolute Gasteiger partial charge is 0.322 e. The van der Waals surface area contributed by atoms with Gasteiger partial charge in [0.15, 0.2) is 0 Å². The molecule has 104 valence electrons. The fourth-order valence-electron chi connectivity index (χ4n) is 2.00. The predicted molar refractivity (Wildman–Crippen MR) is 72.3 cm³/mol.